The van der Waals surface area contributed by atoms with Crippen molar-refractivity contribution in [3.8, 4) is 17.2 Å². The van der Waals surface area contributed by atoms with Crippen molar-refractivity contribution in [3.05, 3.63) is 108 Å². The molecule has 0 bridgehead atoms. The van der Waals surface area contributed by atoms with E-state index in [2.05, 4.69) is 56.3 Å². The van der Waals surface area contributed by atoms with Crippen molar-refractivity contribution >= 4 is 11.4 Å². The third-order valence-electron chi connectivity index (χ3n) is 9.02. The maximum atomic E-state index is 12.8. The van der Waals surface area contributed by atoms with Crippen LogP contribution in [0.25, 0.3) is 5.69 Å². The van der Waals surface area contributed by atoms with Gasteiger partial charge in [0.05, 0.1) is 11.7 Å². The number of hydrogen-bond donors (Lipinski definition) is 0. The van der Waals surface area contributed by atoms with E-state index in [4.69, 9.17) is 17.3 Å². The van der Waals surface area contributed by atoms with E-state index in [-0.39, 0.29) is 15.8 Å². The molecular weight excluding hydrogens is 739 g/mol. The summed E-state index contributed by atoms with van der Waals surface area (Å²) in [5.41, 5.74) is 3.90. The van der Waals surface area contributed by atoms with Crippen molar-refractivity contribution in [2.24, 2.45) is 0 Å². The summed E-state index contributed by atoms with van der Waals surface area (Å²) < 4.78 is 27.4. The Morgan fingerprint density at radius 3 is 2.06 bits per heavy atom. The fourth-order valence-electron chi connectivity index (χ4n) is 6.03. The van der Waals surface area contributed by atoms with Gasteiger partial charge >= 0.3 is 239 Å². The summed E-state index contributed by atoms with van der Waals surface area (Å²) in [6.45, 7) is 8.42. The van der Waals surface area contributed by atoms with Gasteiger partial charge in [0.25, 0.3) is 0 Å². The molecule has 1 unspecified atom stereocenters. The van der Waals surface area contributed by atoms with Crippen molar-refractivity contribution in [1.82, 2.24) is 29.3 Å². The van der Waals surface area contributed by atoms with Gasteiger partial charge in [-0.3, -0.25) is 0 Å². The third-order valence-corrected chi connectivity index (χ3v) is 11.0. The Hall–Kier alpha value is -4.41. The molecule has 0 amide bonds. The van der Waals surface area contributed by atoms with Crippen molar-refractivity contribution < 1.29 is 38.9 Å². The quantitative estimate of drug-likeness (QED) is 0.136. The minimum absolute atomic E-state index is 0.0699. The summed E-state index contributed by atoms with van der Waals surface area (Å²) in [5.74, 6) is 0.575. The number of piperazine rings is 1. The van der Waals surface area contributed by atoms with Crippen molar-refractivity contribution in [1.29, 1.82) is 0 Å². The summed E-state index contributed by atoms with van der Waals surface area (Å²) in [4.78, 5) is 19.2. The predicted octanol–water partition coefficient (Wildman–Crippen LogP) is 1.24. The van der Waals surface area contributed by atoms with Crippen LogP contribution in [0.1, 0.15) is 31.9 Å². The number of benzene rings is 3. The normalized spacial score (nSPS) is 20.1. The van der Waals surface area contributed by atoms with Gasteiger partial charge in [0.2, 0.25) is 0 Å². The fourth-order valence-corrected chi connectivity index (χ4v) is 7.74. The van der Waals surface area contributed by atoms with Gasteiger partial charge in [-0.15, -0.1) is 0 Å². The van der Waals surface area contributed by atoms with E-state index >= 15 is 0 Å². The first-order chi connectivity index (χ1) is 23.9. The Bertz CT molecular complexity index is 1860. The molecule has 0 radical (unpaired) electrons. The van der Waals surface area contributed by atoms with Crippen molar-refractivity contribution in [3.63, 3.8) is 0 Å². The van der Waals surface area contributed by atoms with Gasteiger partial charge in [-0.25, -0.2) is 14.0 Å². The van der Waals surface area contributed by atoms with Crippen LogP contribution in [0.2, 0.25) is 0 Å². The molecule has 3 atom stereocenters. The van der Waals surface area contributed by atoms with Gasteiger partial charge in [0.1, 0.15) is 6.33 Å². The van der Waals surface area contributed by atoms with Crippen LogP contribution < -0.4 is 44.9 Å². The number of nitrogens with zero attached hydrogens (tertiary/aromatic N) is 8. The zero-order chi connectivity index (χ0) is 33.8. The summed E-state index contributed by atoms with van der Waals surface area (Å²) >= 11 is -0.829. The van der Waals surface area contributed by atoms with Gasteiger partial charge in [-0.05, 0) is 13.3 Å². The molecule has 2 saturated heterocycles. The number of anilines is 2. The third kappa shape index (κ3) is 7.16. The SMILES string of the molecule is CCC(C)n1ncn(-c2ccc(N3CCN(c4ccc(O[I-][C@@H]5CO[C@@](Cn6nccn6)(c6ccc(OC)cc6)O5)cc4)CC3)cc2)c1=O. The molecule has 7 rings (SSSR count). The van der Waals surface area contributed by atoms with E-state index in [1.54, 1.807) is 39.9 Å². The minimum Gasteiger partial charge on any atom is -0.246 e. The van der Waals surface area contributed by atoms with Crippen LogP contribution in [0.4, 0.5) is 11.4 Å². The molecule has 13 nitrogen and oxygen atoms in total. The first-order valence-corrected chi connectivity index (χ1v) is 18.5. The smallest absolute Gasteiger partial charge is 0.246 e. The summed E-state index contributed by atoms with van der Waals surface area (Å²) in [7, 11) is 1.64. The van der Waals surface area contributed by atoms with Gasteiger partial charge in [-0.2, -0.15) is 5.10 Å². The number of hydrogen-bond acceptors (Lipinski definition) is 10. The number of rotatable bonds is 12. The molecule has 14 heteroatoms. The minimum atomic E-state index is -1.01. The standard InChI is InChI=1S/C35H40IN8O5/c1-4-26(2)44-34(45)42(25-39-44)30-9-7-28(8-10-30)40-19-21-41(22-20-40)29-11-15-32(16-12-29)49-36-33-23-47-35(48-33,24-43-37-17-18-38-43)27-5-13-31(46-3)14-6-27/h5-18,25-26,33H,4,19-24H2,1-3H3/q-1/t26?,33-,35+/m0/s1. The summed E-state index contributed by atoms with van der Waals surface area (Å²) in [5, 5.41) is 12.8. The Balaban J connectivity index is 0.918. The van der Waals surface area contributed by atoms with Gasteiger partial charge < -0.3 is 0 Å². The Morgan fingerprint density at radius 1 is 0.857 bits per heavy atom. The summed E-state index contributed by atoms with van der Waals surface area (Å²) in [6.07, 6.45) is 5.74. The number of alkyl halides is 1. The number of halogens is 1. The average Bonchev–Trinajstić information content (AvgIpc) is 3.92. The van der Waals surface area contributed by atoms with E-state index in [0.717, 1.165) is 61.0 Å². The average molecular weight is 780 g/mol. The molecule has 0 N–H and O–H groups in total. The molecule has 258 valence electrons. The second kappa shape index (κ2) is 14.6. The van der Waals surface area contributed by atoms with Gasteiger partial charge in [-0.1, -0.05) is 6.92 Å². The molecule has 0 saturated carbocycles. The maximum absolute atomic E-state index is 12.8. The van der Waals surface area contributed by atoms with E-state index < -0.39 is 27.4 Å². The van der Waals surface area contributed by atoms with E-state index in [1.165, 1.54) is 5.69 Å². The molecule has 0 spiro atoms. The molecule has 49 heavy (non-hydrogen) atoms. The first kappa shape index (κ1) is 33.1. The molecule has 2 fully saturated rings. The van der Waals surface area contributed by atoms with Crippen LogP contribution in [0.3, 0.4) is 0 Å². The molecular formula is C35H40IN8O5-. The van der Waals surface area contributed by atoms with E-state index in [0.29, 0.717) is 13.2 Å². The molecule has 3 aromatic carbocycles. The fraction of sp³-hybridized carbons (Fsp3) is 0.371. The van der Waals surface area contributed by atoms with Crippen LogP contribution in [-0.2, 0) is 21.8 Å². The van der Waals surface area contributed by atoms with Crippen LogP contribution >= 0.6 is 0 Å². The molecule has 5 aromatic rings. The number of ether oxygens (including phenoxy) is 3. The van der Waals surface area contributed by atoms with E-state index in [1.807, 2.05) is 55.5 Å². The molecule has 2 aliphatic rings. The topological polar surface area (TPSA) is 114 Å². The number of aromatic nitrogens is 6. The molecule has 0 aliphatic carbocycles. The summed E-state index contributed by atoms with van der Waals surface area (Å²) in [6, 6.07) is 24.2. The van der Waals surface area contributed by atoms with Gasteiger partial charge in [0.15, 0.2) is 0 Å². The second-order valence-corrected chi connectivity index (χ2v) is 14.4. The Morgan fingerprint density at radius 2 is 1.45 bits per heavy atom. The monoisotopic (exact) mass is 779 g/mol. The first-order valence-electron chi connectivity index (χ1n) is 16.4. The van der Waals surface area contributed by atoms with Crippen LogP contribution in [0.15, 0.2) is 96.3 Å². The zero-order valence-electron chi connectivity index (χ0n) is 27.8. The van der Waals surface area contributed by atoms with Crippen LogP contribution in [-0.4, -0.2) is 73.3 Å². The van der Waals surface area contributed by atoms with Crippen molar-refractivity contribution in [2.45, 2.75) is 42.8 Å². The van der Waals surface area contributed by atoms with Gasteiger partial charge in [0, 0.05) is 0 Å². The molecule has 4 heterocycles. The van der Waals surface area contributed by atoms with Crippen molar-refractivity contribution in [2.75, 3.05) is 49.7 Å². The van der Waals surface area contributed by atoms with E-state index in [9.17, 15) is 4.79 Å². The zero-order valence-corrected chi connectivity index (χ0v) is 29.9. The van der Waals surface area contributed by atoms with Crippen LogP contribution in [0.5, 0.6) is 11.5 Å². The Labute approximate surface area is 295 Å². The van der Waals surface area contributed by atoms with Crippen LogP contribution in [0, 0.1) is 0 Å². The number of methoxy groups -OCH3 is 1. The Kier molecular flexibility index (Phi) is 9.86. The predicted molar refractivity (Wildman–Crippen MR) is 180 cm³/mol. The second-order valence-electron chi connectivity index (χ2n) is 12.0. The molecule has 2 aliphatic heterocycles. The molecule has 2 aromatic heterocycles.